The number of anilines is 1. The maximum absolute atomic E-state index is 13.8. The van der Waals surface area contributed by atoms with Crippen LogP contribution in [0.15, 0.2) is 41.8 Å². The molecule has 9 nitrogen and oxygen atoms in total. The fourth-order valence-electron chi connectivity index (χ4n) is 3.78. The van der Waals surface area contributed by atoms with Gasteiger partial charge in [-0.25, -0.2) is 4.98 Å². The monoisotopic (exact) mass is 455 g/mol. The third-order valence-electron chi connectivity index (χ3n) is 5.49. The van der Waals surface area contributed by atoms with Crippen LogP contribution in [0, 0.1) is 5.95 Å². The number of nitrogens with one attached hydrogen (secondary N) is 2. The largest absolute Gasteiger partial charge is 0.378 e. The van der Waals surface area contributed by atoms with E-state index in [4.69, 9.17) is 4.74 Å². The van der Waals surface area contributed by atoms with Crippen LogP contribution in [0.5, 0.6) is 0 Å². The molecule has 5 rings (SSSR count). The molecule has 1 unspecified atom stereocenters. The number of aromatic nitrogens is 5. The van der Waals surface area contributed by atoms with Crippen molar-refractivity contribution in [2.75, 3.05) is 17.7 Å². The van der Waals surface area contributed by atoms with Gasteiger partial charge in [0.15, 0.2) is 0 Å². The second kappa shape index (κ2) is 8.83. The van der Waals surface area contributed by atoms with Crippen LogP contribution in [0.1, 0.15) is 31.4 Å². The molecule has 166 valence electrons. The fourth-order valence-corrected chi connectivity index (χ4v) is 4.80. The Morgan fingerprint density at radius 2 is 2.28 bits per heavy atom. The minimum Gasteiger partial charge on any atom is -0.378 e. The van der Waals surface area contributed by atoms with Gasteiger partial charge in [0.25, 0.3) is 0 Å². The second-order valence-electron chi connectivity index (χ2n) is 7.66. The molecule has 2 aliphatic rings. The number of pyridine rings is 1. The quantitative estimate of drug-likeness (QED) is 0.530. The van der Waals surface area contributed by atoms with Crippen molar-refractivity contribution in [1.82, 2.24) is 25.0 Å². The molecule has 1 saturated carbocycles. The number of carbonyl (C=O) groups excluding carboxylic acids is 1. The van der Waals surface area contributed by atoms with Crippen molar-refractivity contribution in [2.24, 2.45) is 4.99 Å². The molecule has 1 amide bonds. The lowest BCUT2D eigenvalue weighted by Gasteiger charge is -2.34. The van der Waals surface area contributed by atoms with E-state index in [1.54, 1.807) is 30.7 Å². The van der Waals surface area contributed by atoms with Gasteiger partial charge in [-0.15, -0.1) is 11.8 Å². The van der Waals surface area contributed by atoms with Gasteiger partial charge < -0.3 is 10.1 Å². The Labute approximate surface area is 187 Å². The number of ether oxygens (including phenoxy) is 1. The first-order valence-corrected chi connectivity index (χ1v) is 11.4. The summed E-state index contributed by atoms with van der Waals surface area (Å²) < 4.78 is 21.2. The van der Waals surface area contributed by atoms with Crippen LogP contribution in [0.2, 0.25) is 0 Å². The molecule has 1 aliphatic carbocycles. The average Bonchev–Trinajstić information content (AvgIpc) is 3.50. The molecule has 2 N–H and O–H groups in total. The molecular formula is C21H22FN7O2S. The Bertz CT molecular complexity index is 1140. The maximum atomic E-state index is 13.8. The summed E-state index contributed by atoms with van der Waals surface area (Å²) in [5, 5.41) is 15.0. The van der Waals surface area contributed by atoms with Gasteiger partial charge in [0, 0.05) is 30.3 Å². The Morgan fingerprint density at radius 3 is 3.03 bits per heavy atom. The minimum atomic E-state index is -0.601. The molecular weight excluding hydrogens is 433 g/mol. The molecule has 0 bridgehead atoms. The highest BCUT2D eigenvalue weighted by molar-refractivity contribution is 8.14. The lowest BCUT2D eigenvalue weighted by atomic mass is 9.89. The molecule has 32 heavy (non-hydrogen) atoms. The Hall–Kier alpha value is -3.05. The van der Waals surface area contributed by atoms with Crippen molar-refractivity contribution in [2.45, 2.75) is 38.0 Å². The minimum absolute atomic E-state index is 0.164. The van der Waals surface area contributed by atoms with Crippen LogP contribution in [0.3, 0.4) is 0 Å². The van der Waals surface area contributed by atoms with Crippen molar-refractivity contribution in [3.8, 4) is 11.4 Å². The zero-order valence-electron chi connectivity index (χ0n) is 17.4. The van der Waals surface area contributed by atoms with Gasteiger partial charge in [-0.1, -0.05) is 6.07 Å². The normalized spacial score (nSPS) is 22.4. The number of carbonyl (C=O) groups is 1. The summed E-state index contributed by atoms with van der Waals surface area (Å²) in [4.78, 5) is 21.5. The predicted octanol–water partition coefficient (Wildman–Crippen LogP) is 3.05. The molecule has 0 spiro atoms. The number of H-pyrrole nitrogens is 1. The highest BCUT2D eigenvalue weighted by atomic mass is 32.2. The molecule has 4 heterocycles. The summed E-state index contributed by atoms with van der Waals surface area (Å²) in [6, 6.07) is 4.16. The first-order valence-electron chi connectivity index (χ1n) is 10.4. The van der Waals surface area contributed by atoms with Crippen LogP contribution >= 0.6 is 11.8 Å². The van der Waals surface area contributed by atoms with Crippen LogP contribution in [-0.2, 0) is 9.53 Å². The fraction of sp³-hybridized carbons (Fsp3) is 0.381. The maximum Gasteiger partial charge on any atom is 0.250 e. The van der Waals surface area contributed by atoms with Crippen LogP contribution in [0.25, 0.3) is 11.4 Å². The van der Waals surface area contributed by atoms with Crippen LogP contribution in [-0.4, -0.2) is 60.4 Å². The van der Waals surface area contributed by atoms with E-state index in [9.17, 15) is 9.18 Å². The molecule has 1 aliphatic heterocycles. The van der Waals surface area contributed by atoms with E-state index in [1.807, 2.05) is 11.6 Å². The third kappa shape index (κ3) is 4.17. The van der Waals surface area contributed by atoms with Crippen molar-refractivity contribution < 1.29 is 13.9 Å². The number of thioether (sulfide) groups is 1. The van der Waals surface area contributed by atoms with Crippen molar-refractivity contribution in [1.29, 1.82) is 0 Å². The first kappa shape index (κ1) is 20.8. The van der Waals surface area contributed by atoms with Crippen LogP contribution < -0.4 is 5.32 Å². The van der Waals surface area contributed by atoms with Gasteiger partial charge in [0.1, 0.15) is 16.8 Å². The summed E-state index contributed by atoms with van der Waals surface area (Å²) in [6.45, 7) is 2.65. The topological polar surface area (TPSA) is 110 Å². The zero-order chi connectivity index (χ0) is 22.1. The molecule has 3 aromatic heterocycles. The molecule has 0 radical (unpaired) electrons. The predicted molar refractivity (Wildman–Crippen MR) is 119 cm³/mol. The number of rotatable bonds is 7. The number of aromatic amines is 1. The van der Waals surface area contributed by atoms with Gasteiger partial charge in [-0.2, -0.15) is 14.6 Å². The smallest absolute Gasteiger partial charge is 0.250 e. The van der Waals surface area contributed by atoms with E-state index < -0.39 is 12.0 Å². The number of nitrogens with zero attached hydrogens (tertiary/aromatic N) is 5. The molecule has 1 fully saturated rings. The van der Waals surface area contributed by atoms with E-state index >= 15 is 0 Å². The standard InChI is InChI=1S/C21H22FN7O2S/c1-2-31-14-6-13(7-14)29-10-16(19(28-29)15-4-3-5-18(22)25-15)26-20(30)17-11-32-21(27-17)12-8-23-24-9-12/h3-5,8-10,13-14,17H,2,6-7,11H2,1H3,(H,23,24)(H,26,30). The van der Waals surface area contributed by atoms with Gasteiger partial charge in [-0.3, -0.25) is 19.6 Å². The van der Waals surface area contributed by atoms with E-state index in [-0.39, 0.29) is 18.1 Å². The summed E-state index contributed by atoms with van der Waals surface area (Å²) in [5.74, 6) is -0.308. The summed E-state index contributed by atoms with van der Waals surface area (Å²) in [5.41, 5.74) is 2.15. The number of hydrogen-bond donors (Lipinski definition) is 2. The van der Waals surface area contributed by atoms with Gasteiger partial charge in [0.05, 0.1) is 29.7 Å². The molecule has 0 aromatic carbocycles. The number of amides is 1. The van der Waals surface area contributed by atoms with Gasteiger partial charge in [-0.05, 0) is 31.9 Å². The SMILES string of the molecule is CCOC1CC(n2cc(NC(=O)C3CSC(c4cn[nH]c4)=N3)c(-c3cccc(F)n3)n2)C1. The molecule has 0 saturated heterocycles. The lowest BCUT2D eigenvalue weighted by molar-refractivity contribution is -0.116. The number of aliphatic imine (C=N–C) groups is 1. The Balaban J connectivity index is 1.38. The molecule has 11 heteroatoms. The van der Waals surface area contributed by atoms with Crippen LogP contribution in [0.4, 0.5) is 10.1 Å². The van der Waals surface area contributed by atoms with Gasteiger partial charge in [0.2, 0.25) is 11.9 Å². The van der Waals surface area contributed by atoms with E-state index in [1.165, 1.54) is 17.8 Å². The number of hydrogen-bond acceptors (Lipinski definition) is 7. The lowest BCUT2D eigenvalue weighted by Crippen LogP contribution is -2.33. The molecule has 1 atom stereocenters. The highest BCUT2D eigenvalue weighted by Crippen LogP contribution is 2.37. The van der Waals surface area contributed by atoms with Crippen molar-refractivity contribution in [3.63, 3.8) is 0 Å². The summed E-state index contributed by atoms with van der Waals surface area (Å²) >= 11 is 1.51. The van der Waals surface area contributed by atoms with E-state index in [0.717, 1.165) is 23.4 Å². The highest BCUT2D eigenvalue weighted by Gasteiger charge is 2.33. The summed E-state index contributed by atoms with van der Waals surface area (Å²) in [7, 11) is 0. The Morgan fingerprint density at radius 1 is 1.41 bits per heavy atom. The van der Waals surface area contributed by atoms with Crippen molar-refractivity contribution in [3.05, 3.63) is 48.3 Å². The van der Waals surface area contributed by atoms with Gasteiger partial charge >= 0.3 is 0 Å². The van der Waals surface area contributed by atoms with E-state index in [2.05, 4.69) is 30.6 Å². The zero-order valence-corrected chi connectivity index (χ0v) is 18.2. The van der Waals surface area contributed by atoms with Crippen molar-refractivity contribution >= 4 is 28.4 Å². The molecule has 3 aromatic rings. The third-order valence-corrected chi connectivity index (χ3v) is 6.59. The first-order chi connectivity index (χ1) is 15.6. The second-order valence-corrected chi connectivity index (χ2v) is 8.67. The Kier molecular flexibility index (Phi) is 5.75. The number of halogens is 1. The van der Waals surface area contributed by atoms with E-state index in [0.29, 0.717) is 29.4 Å². The summed E-state index contributed by atoms with van der Waals surface area (Å²) in [6.07, 6.45) is 7.12. The average molecular weight is 456 g/mol.